The first-order valence-electron chi connectivity index (χ1n) is 13.6. The van der Waals surface area contributed by atoms with E-state index in [0.717, 1.165) is 6.42 Å². The van der Waals surface area contributed by atoms with Crippen LogP contribution in [0.3, 0.4) is 0 Å². The molecule has 4 rings (SSSR count). The molecule has 1 aromatic carbocycles. The van der Waals surface area contributed by atoms with Crippen LogP contribution in [0, 0.1) is 0 Å². The van der Waals surface area contributed by atoms with Crippen LogP contribution < -0.4 is 15.0 Å². The quantitative estimate of drug-likeness (QED) is 0.344. The molecule has 1 saturated heterocycles. The monoisotopic (exact) mass is 554 g/mol. The van der Waals surface area contributed by atoms with E-state index in [0.29, 0.717) is 73.2 Å². The van der Waals surface area contributed by atoms with Gasteiger partial charge in [0.25, 0.3) is 0 Å². The Morgan fingerprint density at radius 3 is 2.60 bits per heavy atom. The molecule has 40 heavy (non-hydrogen) atoms. The molecular weight excluding hydrogens is 516 g/mol. The van der Waals surface area contributed by atoms with Gasteiger partial charge in [0, 0.05) is 37.4 Å². The summed E-state index contributed by atoms with van der Waals surface area (Å²) in [6.45, 7) is 8.53. The van der Waals surface area contributed by atoms with Crippen molar-refractivity contribution in [3.63, 3.8) is 0 Å². The first-order valence-corrected chi connectivity index (χ1v) is 13.6. The Balaban J connectivity index is 1.87. The highest BCUT2D eigenvalue weighted by atomic mass is 16.6. The summed E-state index contributed by atoms with van der Waals surface area (Å²) in [5.74, 6) is 1.60. The number of aromatic nitrogens is 3. The van der Waals surface area contributed by atoms with Crippen LogP contribution in [-0.2, 0) is 11.2 Å². The minimum atomic E-state index is -0.960. The molecule has 216 valence electrons. The molecule has 2 amide bonds. The Hall–Kier alpha value is -4.06. The van der Waals surface area contributed by atoms with E-state index in [1.54, 1.807) is 61.8 Å². The van der Waals surface area contributed by atoms with Crippen LogP contribution in [0.2, 0.25) is 0 Å². The van der Waals surface area contributed by atoms with E-state index >= 15 is 0 Å². The number of amides is 2. The molecule has 2 aromatic heterocycles. The van der Waals surface area contributed by atoms with Crippen molar-refractivity contribution in [2.24, 2.45) is 0 Å². The van der Waals surface area contributed by atoms with Gasteiger partial charge >= 0.3 is 12.2 Å². The predicted octanol–water partition coefficient (Wildman–Crippen LogP) is 4.68. The maximum Gasteiger partial charge on any atom is 0.420 e. The van der Waals surface area contributed by atoms with E-state index in [-0.39, 0.29) is 12.6 Å². The van der Waals surface area contributed by atoms with Crippen LogP contribution in [-0.4, -0.2) is 79.8 Å². The fraction of sp³-hybridized carbons (Fsp3) is 0.500. The average Bonchev–Trinajstić information content (AvgIpc) is 3.37. The fourth-order valence-electron chi connectivity index (χ4n) is 4.74. The molecule has 0 saturated carbocycles. The van der Waals surface area contributed by atoms with Gasteiger partial charge in [0.15, 0.2) is 11.5 Å². The lowest BCUT2D eigenvalue weighted by molar-refractivity contribution is 0.0597. The van der Waals surface area contributed by atoms with Crippen LogP contribution in [0.4, 0.5) is 26.9 Å². The SMILES string of the molecule is CCOc1ccc(N(C(=O)OC(C)(C)C)c2c(CCCO)c(N[C@H]3CCCN(C(=O)O)C3)nc3ccnn23)cc1. The summed E-state index contributed by atoms with van der Waals surface area (Å²) >= 11 is 0. The van der Waals surface area contributed by atoms with Gasteiger partial charge < -0.3 is 29.9 Å². The third-order valence-electron chi connectivity index (χ3n) is 6.42. The minimum Gasteiger partial charge on any atom is -0.494 e. The van der Waals surface area contributed by atoms with Crippen molar-refractivity contribution in [3.8, 4) is 5.75 Å². The molecule has 1 atom stereocenters. The number of carboxylic acid groups (broad SMARTS) is 1. The van der Waals surface area contributed by atoms with Gasteiger partial charge in [-0.2, -0.15) is 9.61 Å². The van der Waals surface area contributed by atoms with Gasteiger partial charge in [-0.05, 0) is 77.6 Å². The van der Waals surface area contributed by atoms with E-state index in [1.165, 1.54) is 9.80 Å². The molecular formula is C28H38N6O6. The lowest BCUT2D eigenvalue weighted by Crippen LogP contribution is -2.44. The Morgan fingerprint density at radius 2 is 1.95 bits per heavy atom. The van der Waals surface area contributed by atoms with E-state index < -0.39 is 17.8 Å². The number of nitrogens with zero attached hydrogens (tertiary/aromatic N) is 5. The summed E-state index contributed by atoms with van der Waals surface area (Å²) in [7, 11) is 0. The van der Waals surface area contributed by atoms with Crippen molar-refractivity contribution >= 4 is 35.2 Å². The van der Waals surface area contributed by atoms with Gasteiger partial charge in [0.2, 0.25) is 0 Å². The molecule has 1 aliphatic heterocycles. The van der Waals surface area contributed by atoms with Crippen molar-refractivity contribution in [3.05, 3.63) is 42.1 Å². The van der Waals surface area contributed by atoms with E-state index in [1.807, 2.05) is 6.92 Å². The highest BCUT2D eigenvalue weighted by molar-refractivity contribution is 5.97. The Bertz CT molecular complexity index is 1320. The number of aliphatic hydroxyl groups is 1. The molecule has 3 heterocycles. The number of fused-ring (bicyclic) bond motifs is 1. The number of hydrogen-bond acceptors (Lipinski definition) is 8. The lowest BCUT2D eigenvalue weighted by Gasteiger charge is -2.33. The van der Waals surface area contributed by atoms with E-state index in [4.69, 9.17) is 14.5 Å². The molecule has 0 spiro atoms. The zero-order chi connectivity index (χ0) is 28.9. The van der Waals surface area contributed by atoms with Gasteiger partial charge in [-0.15, -0.1) is 0 Å². The first kappa shape index (κ1) is 28.9. The highest BCUT2D eigenvalue weighted by Crippen LogP contribution is 2.36. The molecule has 1 aliphatic rings. The van der Waals surface area contributed by atoms with Crippen molar-refractivity contribution in [1.29, 1.82) is 0 Å². The number of likely N-dealkylation sites (tertiary alicyclic amines) is 1. The second-order valence-electron chi connectivity index (χ2n) is 10.6. The normalized spacial score (nSPS) is 15.6. The average molecular weight is 555 g/mol. The smallest absolute Gasteiger partial charge is 0.420 e. The number of aliphatic hydroxyl groups excluding tert-OH is 1. The summed E-state index contributed by atoms with van der Waals surface area (Å²) in [4.78, 5) is 33.1. The van der Waals surface area contributed by atoms with Crippen LogP contribution in [0.1, 0.15) is 52.5 Å². The second kappa shape index (κ2) is 12.4. The van der Waals surface area contributed by atoms with Crippen LogP contribution in [0.5, 0.6) is 5.75 Å². The maximum absolute atomic E-state index is 13.9. The third-order valence-corrected chi connectivity index (χ3v) is 6.42. The standard InChI is InChI=1S/C28H38N6O6/c1-5-39-21-12-10-20(11-13-21)33(27(38)40-28(2,3)4)25-22(9-7-17-35)24(31-23-14-15-29-34(23)25)30-19-8-6-16-32(18-19)26(36)37/h10-15,19,35H,5-9,16-18H2,1-4H3,(H,30,31)(H,36,37)/t19-/m0/s1. The number of anilines is 3. The van der Waals surface area contributed by atoms with Gasteiger partial charge in [-0.3, -0.25) is 0 Å². The Kier molecular flexibility index (Phi) is 8.98. The van der Waals surface area contributed by atoms with Gasteiger partial charge in [0.1, 0.15) is 17.2 Å². The van der Waals surface area contributed by atoms with Crippen molar-refractivity contribution in [1.82, 2.24) is 19.5 Å². The topological polar surface area (TPSA) is 142 Å². The summed E-state index contributed by atoms with van der Waals surface area (Å²) in [6, 6.07) is 8.68. The summed E-state index contributed by atoms with van der Waals surface area (Å²) in [5.41, 5.74) is 0.908. The van der Waals surface area contributed by atoms with Crippen LogP contribution in [0.15, 0.2) is 36.5 Å². The van der Waals surface area contributed by atoms with Crippen LogP contribution in [0.25, 0.3) is 5.65 Å². The number of nitrogens with one attached hydrogen (secondary N) is 1. The van der Waals surface area contributed by atoms with Crippen molar-refractivity contribution in [2.75, 3.05) is 36.5 Å². The number of carbonyl (C=O) groups excluding carboxylic acids is 1. The summed E-state index contributed by atoms with van der Waals surface area (Å²) in [5, 5.41) is 27.2. The molecule has 3 N–H and O–H groups in total. The van der Waals surface area contributed by atoms with E-state index in [2.05, 4.69) is 10.4 Å². The number of ether oxygens (including phenoxy) is 2. The Labute approximate surface area is 233 Å². The van der Waals surface area contributed by atoms with Gasteiger partial charge in [-0.1, -0.05) is 0 Å². The molecule has 1 fully saturated rings. The summed E-state index contributed by atoms with van der Waals surface area (Å²) in [6.07, 6.45) is 2.30. The molecule has 0 unspecified atom stereocenters. The van der Waals surface area contributed by atoms with Crippen molar-refractivity contribution < 1.29 is 29.3 Å². The number of benzene rings is 1. The van der Waals surface area contributed by atoms with Crippen LogP contribution >= 0.6 is 0 Å². The van der Waals surface area contributed by atoms with E-state index in [9.17, 15) is 19.8 Å². The predicted molar refractivity (Wildman–Crippen MR) is 151 cm³/mol. The molecule has 0 aliphatic carbocycles. The number of carbonyl (C=O) groups is 2. The third kappa shape index (κ3) is 6.74. The number of piperidine rings is 1. The largest absolute Gasteiger partial charge is 0.494 e. The number of hydrogen-bond donors (Lipinski definition) is 3. The molecule has 12 heteroatoms. The zero-order valence-electron chi connectivity index (χ0n) is 23.5. The molecule has 0 radical (unpaired) electrons. The lowest BCUT2D eigenvalue weighted by atomic mass is 10.0. The Morgan fingerprint density at radius 1 is 1.20 bits per heavy atom. The van der Waals surface area contributed by atoms with Gasteiger partial charge in [0.05, 0.1) is 18.5 Å². The molecule has 12 nitrogen and oxygen atoms in total. The maximum atomic E-state index is 13.9. The summed E-state index contributed by atoms with van der Waals surface area (Å²) < 4.78 is 13.0. The second-order valence-corrected chi connectivity index (χ2v) is 10.6. The first-order chi connectivity index (χ1) is 19.1. The number of rotatable bonds is 9. The van der Waals surface area contributed by atoms with Crippen molar-refractivity contribution in [2.45, 2.75) is 65.0 Å². The minimum absolute atomic E-state index is 0.0677. The highest BCUT2D eigenvalue weighted by Gasteiger charge is 2.32. The molecule has 0 bridgehead atoms. The fourth-order valence-corrected chi connectivity index (χ4v) is 4.74. The van der Waals surface area contributed by atoms with Gasteiger partial charge in [-0.25, -0.2) is 19.5 Å². The molecule has 3 aromatic rings. The zero-order valence-corrected chi connectivity index (χ0v) is 23.5.